The molecule has 3 heteroatoms. The Morgan fingerprint density at radius 1 is 1.80 bits per heavy atom. The Morgan fingerprint density at radius 3 is 3.10 bits per heavy atom. The molecule has 1 aliphatic heterocycles. The maximum atomic E-state index is 5.19. The van der Waals surface area contributed by atoms with E-state index in [1.807, 2.05) is 13.8 Å². The standard InChI is InChI=1S/C7H13NO2/c1-3-9-5-7-8-6(2)4-10-7/h6H,3-5H2,1-2H3. The van der Waals surface area contributed by atoms with Crippen molar-refractivity contribution in [1.82, 2.24) is 0 Å². The normalized spacial score (nSPS) is 24.2. The molecule has 1 aliphatic rings. The quantitative estimate of drug-likeness (QED) is 0.586. The topological polar surface area (TPSA) is 30.8 Å². The summed E-state index contributed by atoms with van der Waals surface area (Å²) in [5.74, 6) is 0.745. The molecule has 0 saturated carbocycles. The highest BCUT2D eigenvalue weighted by Gasteiger charge is 2.12. The average Bonchev–Trinajstić information content (AvgIpc) is 2.31. The zero-order valence-corrected chi connectivity index (χ0v) is 6.46. The van der Waals surface area contributed by atoms with Crippen molar-refractivity contribution in [3.05, 3.63) is 0 Å². The molecule has 0 bridgehead atoms. The number of hydrogen-bond donors (Lipinski definition) is 0. The van der Waals surface area contributed by atoms with Gasteiger partial charge in [-0.15, -0.1) is 0 Å². The van der Waals surface area contributed by atoms with Gasteiger partial charge in [-0.05, 0) is 13.8 Å². The van der Waals surface area contributed by atoms with Crippen molar-refractivity contribution in [2.24, 2.45) is 4.99 Å². The van der Waals surface area contributed by atoms with Crippen molar-refractivity contribution < 1.29 is 9.47 Å². The van der Waals surface area contributed by atoms with Crippen molar-refractivity contribution in [1.29, 1.82) is 0 Å². The molecule has 0 fully saturated rings. The van der Waals surface area contributed by atoms with Crippen LogP contribution >= 0.6 is 0 Å². The first-order chi connectivity index (χ1) is 4.83. The molecular weight excluding hydrogens is 130 g/mol. The molecule has 0 aromatic rings. The van der Waals surface area contributed by atoms with Crippen LogP contribution in [-0.2, 0) is 9.47 Å². The number of aliphatic imine (C=N–C) groups is 1. The summed E-state index contributed by atoms with van der Waals surface area (Å²) in [7, 11) is 0. The highest BCUT2D eigenvalue weighted by atomic mass is 16.5. The molecule has 0 radical (unpaired) electrons. The Balaban J connectivity index is 2.22. The Morgan fingerprint density at radius 2 is 2.60 bits per heavy atom. The SMILES string of the molecule is CCOCC1=NC(C)CO1. The molecule has 0 N–H and O–H groups in total. The second-order valence-electron chi connectivity index (χ2n) is 2.32. The van der Waals surface area contributed by atoms with Crippen molar-refractivity contribution in [2.45, 2.75) is 19.9 Å². The van der Waals surface area contributed by atoms with E-state index < -0.39 is 0 Å². The second-order valence-corrected chi connectivity index (χ2v) is 2.32. The Hall–Kier alpha value is -0.570. The van der Waals surface area contributed by atoms with E-state index in [1.54, 1.807) is 0 Å². The third-order valence-corrected chi connectivity index (χ3v) is 1.29. The van der Waals surface area contributed by atoms with Crippen LogP contribution in [0.3, 0.4) is 0 Å². The molecule has 0 aromatic carbocycles. The highest BCUT2D eigenvalue weighted by molar-refractivity contribution is 5.78. The van der Waals surface area contributed by atoms with E-state index in [0.29, 0.717) is 19.3 Å². The summed E-state index contributed by atoms with van der Waals surface area (Å²) < 4.78 is 10.3. The molecular formula is C7H13NO2. The second kappa shape index (κ2) is 3.56. The molecule has 0 spiro atoms. The van der Waals surface area contributed by atoms with Gasteiger partial charge in [0.1, 0.15) is 13.2 Å². The van der Waals surface area contributed by atoms with E-state index in [1.165, 1.54) is 0 Å². The van der Waals surface area contributed by atoms with Gasteiger partial charge in [0.15, 0.2) is 0 Å². The summed E-state index contributed by atoms with van der Waals surface area (Å²) >= 11 is 0. The molecule has 3 nitrogen and oxygen atoms in total. The first-order valence-corrected chi connectivity index (χ1v) is 3.60. The van der Waals surface area contributed by atoms with Gasteiger partial charge in [0.25, 0.3) is 0 Å². The number of ether oxygens (including phenoxy) is 2. The smallest absolute Gasteiger partial charge is 0.210 e. The van der Waals surface area contributed by atoms with E-state index >= 15 is 0 Å². The van der Waals surface area contributed by atoms with Crippen molar-refractivity contribution in [3.8, 4) is 0 Å². The Bertz CT molecular complexity index is 134. The van der Waals surface area contributed by atoms with Gasteiger partial charge >= 0.3 is 0 Å². The minimum Gasteiger partial charge on any atom is -0.477 e. The maximum absolute atomic E-state index is 5.19. The summed E-state index contributed by atoms with van der Waals surface area (Å²) in [6.45, 7) is 5.94. The lowest BCUT2D eigenvalue weighted by molar-refractivity contribution is 0.167. The van der Waals surface area contributed by atoms with Crippen molar-refractivity contribution in [3.63, 3.8) is 0 Å². The fourth-order valence-corrected chi connectivity index (χ4v) is 0.805. The summed E-state index contributed by atoms with van der Waals surface area (Å²) in [5.41, 5.74) is 0. The Labute approximate surface area is 61.0 Å². The van der Waals surface area contributed by atoms with E-state index in [-0.39, 0.29) is 0 Å². The summed E-state index contributed by atoms with van der Waals surface area (Å²) in [4.78, 5) is 4.20. The van der Waals surface area contributed by atoms with Gasteiger partial charge in [0, 0.05) is 6.61 Å². The fourth-order valence-electron chi connectivity index (χ4n) is 0.805. The molecule has 0 aromatic heterocycles. The minimum atomic E-state index is 0.315. The van der Waals surface area contributed by atoms with Crippen LogP contribution in [-0.4, -0.2) is 31.8 Å². The minimum absolute atomic E-state index is 0.315. The predicted molar refractivity (Wildman–Crippen MR) is 39.3 cm³/mol. The van der Waals surface area contributed by atoms with Crippen LogP contribution in [0.5, 0.6) is 0 Å². The van der Waals surface area contributed by atoms with E-state index in [0.717, 1.165) is 12.5 Å². The summed E-state index contributed by atoms with van der Waals surface area (Å²) in [6.07, 6.45) is 0. The van der Waals surface area contributed by atoms with E-state index in [9.17, 15) is 0 Å². The third-order valence-electron chi connectivity index (χ3n) is 1.29. The third kappa shape index (κ3) is 1.99. The van der Waals surface area contributed by atoms with Crippen LogP contribution in [0.25, 0.3) is 0 Å². The van der Waals surface area contributed by atoms with Gasteiger partial charge in [0.2, 0.25) is 5.90 Å². The Kier molecular flexibility index (Phi) is 2.68. The van der Waals surface area contributed by atoms with Crippen LogP contribution < -0.4 is 0 Å². The summed E-state index contributed by atoms with van der Waals surface area (Å²) in [5, 5.41) is 0. The van der Waals surface area contributed by atoms with Gasteiger partial charge in [-0.25, -0.2) is 4.99 Å². The van der Waals surface area contributed by atoms with Gasteiger partial charge in [-0.1, -0.05) is 0 Å². The average molecular weight is 143 g/mol. The van der Waals surface area contributed by atoms with Crippen LogP contribution in [0.2, 0.25) is 0 Å². The lowest BCUT2D eigenvalue weighted by Crippen LogP contribution is -2.08. The molecule has 1 heterocycles. The molecule has 0 amide bonds. The highest BCUT2D eigenvalue weighted by Crippen LogP contribution is 2.02. The molecule has 0 saturated heterocycles. The number of hydrogen-bond acceptors (Lipinski definition) is 3. The van der Waals surface area contributed by atoms with Crippen LogP contribution in [0.4, 0.5) is 0 Å². The van der Waals surface area contributed by atoms with Crippen molar-refractivity contribution in [2.75, 3.05) is 19.8 Å². The lowest BCUT2D eigenvalue weighted by Gasteiger charge is -1.99. The fraction of sp³-hybridized carbons (Fsp3) is 0.857. The van der Waals surface area contributed by atoms with E-state index in [2.05, 4.69) is 4.99 Å². The maximum Gasteiger partial charge on any atom is 0.210 e. The van der Waals surface area contributed by atoms with Crippen LogP contribution in [0.1, 0.15) is 13.8 Å². The molecule has 0 aliphatic carbocycles. The zero-order valence-electron chi connectivity index (χ0n) is 6.46. The first kappa shape index (κ1) is 7.54. The van der Waals surface area contributed by atoms with Gasteiger partial charge in [0.05, 0.1) is 6.04 Å². The number of nitrogens with zero attached hydrogens (tertiary/aromatic N) is 1. The molecule has 10 heavy (non-hydrogen) atoms. The van der Waals surface area contributed by atoms with Crippen LogP contribution in [0.15, 0.2) is 4.99 Å². The van der Waals surface area contributed by atoms with Gasteiger partial charge in [-0.3, -0.25) is 0 Å². The monoisotopic (exact) mass is 143 g/mol. The van der Waals surface area contributed by atoms with Gasteiger partial charge < -0.3 is 9.47 Å². The zero-order chi connectivity index (χ0) is 7.40. The lowest BCUT2D eigenvalue weighted by atomic mass is 10.4. The largest absolute Gasteiger partial charge is 0.477 e. The van der Waals surface area contributed by atoms with E-state index in [4.69, 9.17) is 9.47 Å². The molecule has 1 atom stereocenters. The molecule has 58 valence electrons. The molecule has 1 rings (SSSR count). The van der Waals surface area contributed by atoms with Crippen molar-refractivity contribution >= 4 is 5.90 Å². The van der Waals surface area contributed by atoms with Crippen LogP contribution in [0, 0.1) is 0 Å². The van der Waals surface area contributed by atoms with Gasteiger partial charge in [-0.2, -0.15) is 0 Å². The predicted octanol–water partition coefficient (Wildman–Crippen LogP) is 0.840. The number of rotatable bonds is 3. The molecule has 1 unspecified atom stereocenters. The summed E-state index contributed by atoms with van der Waals surface area (Å²) in [6, 6.07) is 0.315. The first-order valence-electron chi connectivity index (χ1n) is 3.60.